The van der Waals surface area contributed by atoms with Gasteiger partial charge in [-0.15, -0.1) is 6.58 Å². The average molecular weight is 344 g/mol. The molecule has 138 valence electrons. The molecule has 2 rings (SSSR count). The molecular weight excluding hydrogens is 312 g/mol. The van der Waals surface area contributed by atoms with Gasteiger partial charge in [0.1, 0.15) is 0 Å². The lowest BCUT2D eigenvalue weighted by Crippen LogP contribution is -2.46. The summed E-state index contributed by atoms with van der Waals surface area (Å²) in [5.41, 5.74) is 1.45. The number of likely N-dealkylation sites (N-methyl/N-ethyl adjacent to an activating group) is 1. The van der Waals surface area contributed by atoms with Crippen molar-refractivity contribution in [3.05, 3.63) is 42.5 Å². The van der Waals surface area contributed by atoms with Gasteiger partial charge < -0.3 is 15.0 Å². The van der Waals surface area contributed by atoms with E-state index in [2.05, 4.69) is 42.8 Å². The van der Waals surface area contributed by atoms with Crippen molar-refractivity contribution in [3.63, 3.8) is 0 Å². The molecule has 1 aliphatic rings. The molecule has 1 saturated heterocycles. The highest BCUT2D eigenvalue weighted by molar-refractivity contribution is 6.01. The highest BCUT2D eigenvalue weighted by Crippen LogP contribution is 2.34. The van der Waals surface area contributed by atoms with E-state index in [1.807, 2.05) is 25.3 Å². The van der Waals surface area contributed by atoms with Crippen molar-refractivity contribution in [1.29, 1.82) is 0 Å². The lowest BCUT2D eigenvalue weighted by molar-refractivity contribution is 0.0760. The van der Waals surface area contributed by atoms with Gasteiger partial charge in [0.05, 0.1) is 13.2 Å². The molecule has 25 heavy (non-hydrogen) atoms. The van der Waals surface area contributed by atoms with Crippen LogP contribution in [0.15, 0.2) is 36.9 Å². The fourth-order valence-electron chi connectivity index (χ4n) is 3.63. The minimum atomic E-state index is -0.479. The number of carbonyl (C=O) groups excluding carboxylic acids is 1. The van der Waals surface area contributed by atoms with Gasteiger partial charge in [0.15, 0.2) is 5.78 Å². The number of ketones is 1. The molecular formula is C21H32N2O2. The van der Waals surface area contributed by atoms with E-state index in [0.717, 1.165) is 56.8 Å². The van der Waals surface area contributed by atoms with Gasteiger partial charge in [0, 0.05) is 35.8 Å². The number of ether oxygens (including phenoxy) is 1. The third-order valence-electron chi connectivity index (χ3n) is 5.31. The zero-order chi connectivity index (χ0) is 18.3. The Labute approximate surface area is 152 Å². The number of nitrogens with zero attached hydrogens (tertiary/aromatic N) is 1. The Hall–Kier alpha value is -1.65. The van der Waals surface area contributed by atoms with Crippen LogP contribution in [0.2, 0.25) is 0 Å². The maximum atomic E-state index is 13.3. The Morgan fingerprint density at radius 1 is 1.36 bits per heavy atom. The molecule has 1 aromatic rings. The average Bonchev–Trinajstić information content (AvgIpc) is 2.67. The van der Waals surface area contributed by atoms with Crippen molar-refractivity contribution in [2.75, 3.05) is 38.3 Å². The van der Waals surface area contributed by atoms with Gasteiger partial charge >= 0.3 is 0 Å². The first-order chi connectivity index (χ1) is 12.1. The standard InChI is InChI=1S/C21H32N2O2/c1-5-7-12-21(3,19(6-2)22-4)20(24)17-8-10-18(11-9-17)23-13-15-25-16-14-23/h6,8-11,19,22H,2,5,7,12-16H2,1,3-4H3. The molecule has 0 saturated carbocycles. The Morgan fingerprint density at radius 2 is 2.00 bits per heavy atom. The highest BCUT2D eigenvalue weighted by Gasteiger charge is 2.38. The second kappa shape index (κ2) is 9.16. The number of morpholine rings is 1. The van der Waals surface area contributed by atoms with Gasteiger partial charge in [0.25, 0.3) is 0 Å². The van der Waals surface area contributed by atoms with Crippen LogP contribution in [-0.2, 0) is 4.74 Å². The minimum absolute atomic E-state index is 0.0366. The molecule has 1 N–H and O–H groups in total. The zero-order valence-electron chi connectivity index (χ0n) is 15.9. The highest BCUT2D eigenvalue weighted by atomic mass is 16.5. The Kier molecular flexibility index (Phi) is 7.21. The number of unbranched alkanes of at least 4 members (excludes halogenated alkanes) is 1. The Balaban J connectivity index is 2.21. The van der Waals surface area contributed by atoms with Gasteiger partial charge in [-0.05, 0) is 37.7 Å². The maximum Gasteiger partial charge on any atom is 0.170 e. The van der Waals surface area contributed by atoms with Crippen LogP contribution < -0.4 is 10.2 Å². The summed E-state index contributed by atoms with van der Waals surface area (Å²) in [5.74, 6) is 0.189. The van der Waals surface area contributed by atoms with Crippen LogP contribution in [0.1, 0.15) is 43.5 Å². The van der Waals surface area contributed by atoms with Crippen LogP contribution in [0.5, 0.6) is 0 Å². The molecule has 1 fully saturated rings. The molecule has 0 amide bonds. The van der Waals surface area contributed by atoms with E-state index in [-0.39, 0.29) is 11.8 Å². The van der Waals surface area contributed by atoms with Gasteiger partial charge in [-0.25, -0.2) is 0 Å². The van der Waals surface area contributed by atoms with Crippen LogP contribution in [0, 0.1) is 5.41 Å². The summed E-state index contributed by atoms with van der Waals surface area (Å²) < 4.78 is 5.40. The molecule has 2 atom stereocenters. The smallest absolute Gasteiger partial charge is 0.170 e. The predicted molar refractivity (Wildman–Crippen MR) is 104 cm³/mol. The number of rotatable bonds is 9. The normalized spacial score (nSPS) is 18.4. The third-order valence-corrected chi connectivity index (χ3v) is 5.31. The summed E-state index contributed by atoms with van der Waals surface area (Å²) in [6.45, 7) is 11.5. The largest absolute Gasteiger partial charge is 0.378 e. The van der Waals surface area contributed by atoms with Crippen molar-refractivity contribution in [2.24, 2.45) is 5.41 Å². The van der Waals surface area contributed by atoms with E-state index in [0.29, 0.717) is 0 Å². The maximum absolute atomic E-state index is 13.3. The topological polar surface area (TPSA) is 41.6 Å². The fourth-order valence-corrected chi connectivity index (χ4v) is 3.63. The first-order valence-electron chi connectivity index (χ1n) is 9.34. The van der Waals surface area contributed by atoms with Gasteiger partial charge in [0.2, 0.25) is 0 Å². The van der Waals surface area contributed by atoms with E-state index >= 15 is 0 Å². The predicted octanol–water partition coefficient (Wildman–Crippen LogP) is 3.68. The van der Waals surface area contributed by atoms with Crippen molar-refractivity contribution in [1.82, 2.24) is 5.32 Å². The molecule has 0 radical (unpaired) electrons. The summed E-state index contributed by atoms with van der Waals surface area (Å²) in [7, 11) is 1.89. The zero-order valence-corrected chi connectivity index (χ0v) is 15.9. The Bertz CT molecular complexity index is 564. The third kappa shape index (κ3) is 4.50. The molecule has 2 unspecified atom stereocenters. The van der Waals surface area contributed by atoms with Gasteiger partial charge in [-0.2, -0.15) is 0 Å². The van der Waals surface area contributed by atoms with Crippen molar-refractivity contribution >= 4 is 11.5 Å². The molecule has 4 heteroatoms. The summed E-state index contributed by atoms with van der Waals surface area (Å²) in [4.78, 5) is 15.6. The van der Waals surface area contributed by atoms with Crippen LogP contribution in [0.4, 0.5) is 5.69 Å². The fraction of sp³-hybridized carbons (Fsp3) is 0.571. The van der Waals surface area contributed by atoms with Gasteiger partial charge in [-0.3, -0.25) is 4.79 Å². The molecule has 4 nitrogen and oxygen atoms in total. The van der Waals surface area contributed by atoms with Crippen molar-refractivity contribution in [2.45, 2.75) is 39.2 Å². The molecule has 1 heterocycles. The van der Waals surface area contributed by atoms with E-state index in [9.17, 15) is 4.79 Å². The van der Waals surface area contributed by atoms with Gasteiger partial charge in [-0.1, -0.05) is 32.8 Å². The Morgan fingerprint density at radius 3 is 2.52 bits per heavy atom. The number of benzene rings is 1. The number of hydrogen-bond acceptors (Lipinski definition) is 4. The molecule has 0 spiro atoms. The molecule has 1 aliphatic heterocycles. The van der Waals surface area contributed by atoms with Crippen molar-refractivity contribution < 1.29 is 9.53 Å². The van der Waals surface area contributed by atoms with E-state index in [1.165, 1.54) is 0 Å². The SMILES string of the molecule is C=CC(NC)C(C)(CCCC)C(=O)c1ccc(N2CCOCC2)cc1. The first kappa shape index (κ1) is 19.7. The second-order valence-corrected chi connectivity index (χ2v) is 7.00. The number of hydrogen-bond donors (Lipinski definition) is 1. The second-order valence-electron chi connectivity index (χ2n) is 7.00. The number of Topliss-reactive ketones (excluding diaryl/α,β-unsaturated/α-hetero) is 1. The van der Waals surface area contributed by atoms with E-state index < -0.39 is 5.41 Å². The molecule has 1 aromatic carbocycles. The summed E-state index contributed by atoms with van der Waals surface area (Å²) >= 11 is 0. The number of anilines is 1. The first-order valence-corrected chi connectivity index (χ1v) is 9.34. The summed E-state index contributed by atoms with van der Waals surface area (Å²) in [5, 5.41) is 3.25. The molecule has 0 aliphatic carbocycles. The van der Waals surface area contributed by atoms with Crippen LogP contribution in [0.3, 0.4) is 0 Å². The van der Waals surface area contributed by atoms with E-state index in [1.54, 1.807) is 0 Å². The van der Waals surface area contributed by atoms with Crippen LogP contribution in [0.25, 0.3) is 0 Å². The quantitative estimate of drug-likeness (QED) is 0.548. The van der Waals surface area contributed by atoms with Crippen LogP contribution >= 0.6 is 0 Å². The summed E-state index contributed by atoms with van der Waals surface area (Å²) in [6, 6.07) is 8.01. The molecule has 0 bridgehead atoms. The number of nitrogens with one attached hydrogen (secondary N) is 1. The summed E-state index contributed by atoms with van der Waals surface area (Å²) in [6.07, 6.45) is 4.81. The monoisotopic (exact) mass is 344 g/mol. The van der Waals surface area contributed by atoms with E-state index in [4.69, 9.17) is 4.74 Å². The number of carbonyl (C=O) groups is 1. The van der Waals surface area contributed by atoms with Crippen LogP contribution in [-0.4, -0.2) is 45.2 Å². The minimum Gasteiger partial charge on any atom is -0.378 e. The lowest BCUT2D eigenvalue weighted by Gasteiger charge is -2.35. The van der Waals surface area contributed by atoms with Crippen molar-refractivity contribution in [3.8, 4) is 0 Å². The molecule has 0 aromatic heterocycles. The lowest BCUT2D eigenvalue weighted by atomic mass is 9.72.